The highest BCUT2D eigenvalue weighted by atomic mass is 32.1. The molecule has 0 saturated carbocycles. The normalized spacial score (nSPS) is 11.9. The highest BCUT2D eigenvalue weighted by Gasteiger charge is 2.11. The number of benzene rings is 4. The molecule has 18 heavy (non-hydrogen) atoms. The van der Waals surface area contributed by atoms with Crippen molar-refractivity contribution < 1.29 is 4.39 Å². The van der Waals surface area contributed by atoms with Gasteiger partial charge in [-0.05, 0) is 33.7 Å². The molecule has 0 aliphatic rings. The summed E-state index contributed by atoms with van der Waals surface area (Å²) < 4.78 is 13.9. The molecule has 0 atom stereocenters. The zero-order valence-electron chi connectivity index (χ0n) is 9.44. The Hall–Kier alpha value is -1.80. The SMILES string of the molecule is Fc1ccc2ccc3c(S)ccc4ccc1c2c43. The van der Waals surface area contributed by atoms with Gasteiger partial charge in [-0.25, -0.2) is 4.39 Å². The molecule has 0 N–H and O–H groups in total. The van der Waals surface area contributed by atoms with E-state index in [1.54, 1.807) is 0 Å². The number of hydrogen-bond acceptors (Lipinski definition) is 1. The molecule has 0 heterocycles. The summed E-state index contributed by atoms with van der Waals surface area (Å²) in [4.78, 5) is 0.932. The largest absolute Gasteiger partial charge is 0.206 e. The van der Waals surface area contributed by atoms with Crippen LogP contribution in [-0.4, -0.2) is 0 Å². The second-order valence-electron chi connectivity index (χ2n) is 4.55. The molecule has 0 aromatic heterocycles. The summed E-state index contributed by atoms with van der Waals surface area (Å²) in [5.74, 6) is -0.165. The Morgan fingerprint density at radius 2 is 1.22 bits per heavy atom. The van der Waals surface area contributed by atoms with Crippen LogP contribution in [0, 0.1) is 5.82 Å². The first-order valence-electron chi connectivity index (χ1n) is 5.81. The van der Waals surface area contributed by atoms with Gasteiger partial charge in [0.05, 0.1) is 0 Å². The van der Waals surface area contributed by atoms with Gasteiger partial charge in [0.15, 0.2) is 0 Å². The third-order valence-electron chi connectivity index (χ3n) is 3.59. The monoisotopic (exact) mass is 252 g/mol. The summed E-state index contributed by atoms with van der Waals surface area (Å²) in [6, 6.07) is 15.3. The zero-order valence-corrected chi connectivity index (χ0v) is 10.3. The van der Waals surface area contributed by atoms with Gasteiger partial charge < -0.3 is 0 Å². The fraction of sp³-hybridized carbons (Fsp3) is 0. The van der Waals surface area contributed by atoms with Gasteiger partial charge in [0.2, 0.25) is 0 Å². The predicted octanol–water partition coefficient (Wildman–Crippen LogP) is 5.01. The molecule has 2 heteroatoms. The van der Waals surface area contributed by atoms with Crippen molar-refractivity contribution in [3.63, 3.8) is 0 Å². The maximum absolute atomic E-state index is 13.9. The minimum absolute atomic E-state index is 0.165. The van der Waals surface area contributed by atoms with Crippen molar-refractivity contribution in [3.8, 4) is 0 Å². The second-order valence-corrected chi connectivity index (χ2v) is 5.04. The lowest BCUT2D eigenvalue weighted by Gasteiger charge is -2.12. The summed E-state index contributed by atoms with van der Waals surface area (Å²) in [5.41, 5.74) is 0. The molecule has 0 amide bonds. The molecule has 0 nitrogen and oxygen atoms in total. The van der Waals surface area contributed by atoms with Crippen molar-refractivity contribution in [3.05, 3.63) is 54.3 Å². The van der Waals surface area contributed by atoms with Gasteiger partial charge in [0.1, 0.15) is 5.82 Å². The number of halogens is 1. The fourth-order valence-electron chi connectivity index (χ4n) is 2.75. The first kappa shape index (κ1) is 10.2. The van der Waals surface area contributed by atoms with Gasteiger partial charge in [-0.3, -0.25) is 0 Å². The zero-order chi connectivity index (χ0) is 12.3. The van der Waals surface area contributed by atoms with Crippen LogP contribution >= 0.6 is 12.6 Å². The Morgan fingerprint density at radius 3 is 2.00 bits per heavy atom. The van der Waals surface area contributed by atoms with Gasteiger partial charge >= 0.3 is 0 Å². The van der Waals surface area contributed by atoms with Crippen LogP contribution in [0.3, 0.4) is 0 Å². The smallest absolute Gasteiger partial charge is 0.131 e. The fourth-order valence-corrected chi connectivity index (χ4v) is 3.01. The Labute approximate surface area is 109 Å². The lowest BCUT2D eigenvalue weighted by atomic mass is 9.94. The Bertz CT molecular complexity index is 820. The lowest BCUT2D eigenvalue weighted by Crippen LogP contribution is -1.87. The Morgan fingerprint density at radius 1 is 0.667 bits per heavy atom. The first-order valence-corrected chi connectivity index (χ1v) is 6.25. The average Bonchev–Trinajstić information content (AvgIpc) is 2.40. The van der Waals surface area contributed by atoms with Crippen molar-refractivity contribution in [2.75, 3.05) is 0 Å². The second kappa shape index (κ2) is 3.36. The van der Waals surface area contributed by atoms with Crippen molar-refractivity contribution in [1.29, 1.82) is 0 Å². The minimum Gasteiger partial charge on any atom is -0.206 e. The highest BCUT2D eigenvalue weighted by Crippen LogP contribution is 2.37. The van der Waals surface area contributed by atoms with E-state index >= 15 is 0 Å². The van der Waals surface area contributed by atoms with Crippen molar-refractivity contribution in [2.45, 2.75) is 4.90 Å². The third kappa shape index (κ3) is 1.16. The topological polar surface area (TPSA) is 0 Å². The van der Waals surface area contributed by atoms with Crippen molar-refractivity contribution in [2.24, 2.45) is 0 Å². The van der Waals surface area contributed by atoms with E-state index in [1.807, 2.05) is 36.4 Å². The summed E-state index contributed by atoms with van der Waals surface area (Å²) in [7, 11) is 0. The van der Waals surface area contributed by atoms with Gasteiger partial charge in [-0.15, -0.1) is 12.6 Å². The number of thiol groups is 1. The third-order valence-corrected chi connectivity index (χ3v) is 3.98. The predicted molar refractivity (Wildman–Crippen MR) is 77.4 cm³/mol. The molecule has 4 aromatic rings. The van der Waals surface area contributed by atoms with Crippen LogP contribution in [0.1, 0.15) is 0 Å². The molecule has 4 aromatic carbocycles. The molecule has 0 saturated heterocycles. The molecule has 4 rings (SSSR count). The van der Waals surface area contributed by atoms with Crippen molar-refractivity contribution >= 4 is 44.9 Å². The maximum atomic E-state index is 13.9. The Balaban J connectivity index is 2.47. The van der Waals surface area contributed by atoms with Crippen molar-refractivity contribution in [1.82, 2.24) is 0 Å². The molecule has 0 aliphatic heterocycles. The number of hydrogen-bond donors (Lipinski definition) is 1. The van der Waals surface area contributed by atoms with E-state index in [-0.39, 0.29) is 5.82 Å². The van der Waals surface area contributed by atoms with Crippen LogP contribution in [0.15, 0.2) is 53.4 Å². The molecule has 0 bridgehead atoms. The summed E-state index contributed by atoms with van der Waals surface area (Å²) in [5, 5.41) is 6.08. The summed E-state index contributed by atoms with van der Waals surface area (Å²) in [6.45, 7) is 0. The van der Waals surface area contributed by atoms with Crippen LogP contribution in [0.5, 0.6) is 0 Å². The van der Waals surface area contributed by atoms with E-state index in [4.69, 9.17) is 0 Å². The van der Waals surface area contributed by atoms with E-state index in [0.717, 1.165) is 31.8 Å². The van der Waals surface area contributed by atoms with Crippen LogP contribution in [0.4, 0.5) is 4.39 Å². The van der Waals surface area contributed by atoms with Crippen LogP contribution < -0.4 is 0 Å². The van der Waals surface area contributed by atoms with E-state index in [1.165, 1.54) is 6.07 Å². The number of rotatable bonds is 0. The van der Waals surface area contributed by atoms with E-state index in [9.17, 15) is 4.39 Å². The molecule has 0 fully saturated rings. The summed E-state index contributed by atoms with van der Waals surface area (Å²) >= 11 is 4.49. The standard InChI is InChI=1S/C16H9FS/c17-13-7-3-9-2-6-12-14(18)8-4-10-1-5-11(13)15(9)16(10)12/h1-8,18H. The quantitative estimate of drug-likeness (QED) is 0.330. The van der Waals surface area contributed by atoms with E-state index in [2.05, 4.69) is 18.7 Å². The molecule has 0 aliphatic carbocycles. The molecule has 0 unspecified atom stereocenters. The lowest BCUT2D eigenvalue weighted by molar-refractivity contribution is 0.640. The molecular formula is C16H9FS. The van der Waals surface area contributed by atoms with Gasteiger partial charge in [-0.2, -0.15) is 0 Å². The minimum atomic E-state index is -0.165. The molecule has 86 valence electrons. The summed E-state index contributed by atoms with van der Waals surface area (Å²) in [6.07, 6.45) is 0. The van der Waals surface area contributed by atoms with Gasteiger partial charge in [0.25, 0.3) is 0 Å². The van der Waals surface area contributed by atoms with Crippen LogP contribution in [0.25, 0.3) is 32.3 Å². The van der Waals surface area contributed by atoms with E-state index < -0.39 is 0 Å². The first-order chi connectivity index (χ1) is 8.75. The van der Waals surface area contributed by atoms with E-state index in [0.29, 0.717) is 5.39 Å². The van der Waals surface area contributed by atoms with Crippen LogP contribution in [0.2, 0.25) is 0 Å². The average molecular weight is 252 g/mol. The van der Waals surface area contributed by atoms with Crippen LogP contribution in [-0.2, 0) is 0 Å². The van der Waals surface area contributed by atoms with Gasteiger partial charge in [0, 0.05) is 15.7 Å². The van der Waals surface area contributed by atoms with Gasteiger partial charge in [-0.1, -0.05) is 36.4 Å². The molecule has 0 radical (unpaired) electrons. The molecule has 0 spiro atoms. The maximum Gasteiger partial charge on any atom is 0.131 e. The Kier molecular flexibility index (Phi) is 1.90. The highest BCUT2D eigenvalue weighted by molar-refractivity contribution is 7.80. The molecular weight excluding hydrogens is 243 g/mol.